The van der Waals surface area contributed by atoms with Crippen LogP contribution in [0.15, 0.2) is 23.4 Å². The summed E-state index contributed by atoms with van der Waals surface area (Å²) < 4.78 is 43.2. The SMILES string of the molecule is CCOc1ccc2nc(SCC(CN)C(F)(F)F)[nH]c2c1. The number of thioether (sulfide) groups is 1. The van der Waals surface area contributed by atoms with Crippen LogP contribution in [0.2, 0.25) is 0 Å². The van der Waals surface area contributed by atoms with Crippen LogP contribution in [0.25, 0.3) is 11.0 Å². The second-order valence-corrected chi connectivity index (χ2v) is 5.45. The number of aromatic nitrogens is 2. The lowest BCUT2D eigenvalue weighted by Gasteiger charge is -2.16. The van der Waals surface area contributed by atoms with Gasteiger partial charge in [-0.25, -0.2) is 4.98 Å². The number of H-pyrrole nitrogens is 1. The zero-order valence-corrected chi connectivity index (χ0v) is 12.2. The molecule has 0 aliphatic rings. The molecular weight excluding hydrogens is 303 g/mol. The van der Waals surface area contributed by atoms with E-state index in [9.17, 15) is 13.2 Å². The van der Waals surface area contributed by atoms with E-state index < -0.39 is 18.6 Å². The molecule has 0 bridgehead atoms. The summed E-state index contributed by atoms with van der Waals surface area (Å²) in [5.74, 6) is -0.993. The minimum Gasteiger partial charge on any atom is -0.494 e. The molecule has 1 atom stereocenters. The lowest BCUT2D eigenvalue weighted by atomic mass is 10.2. The molecule has 2 aromatic rings. The number of ether oxygens (including phenoxy) is 1. The molecule has 1 unspecified atom stereocenters. The van der Waals surface area contributed by atoms with E-state index in [1.807, 2.05) is 6.92 Å². The molecule has 116 valence electrons. The summed E-state index contributed by atoms with van der Waals surface area (Å²) in [5.41, 5.74) is 6.60. The number of nitrogens with one attached hydrogen (secondary N) is 1. The van der Waals surface area contributed by atoms with Crippen molar-refractivity contribution in [1.82, 2.24) is 9.97 Å². The van der Waals surface area contributed by atoms with Gasteiger partial charge in [-0.15, -0.1) is 0 Å². The highest BCUT2D eigenvalue weighted by atomic mass is 32.2. The summed E-state index contributed by atoms with van der Waals surface area (Å²) in [4.78, 5) is 7.23. The van der Waals surface area contributed by atoms with Crippen LogP contribution in [0.4, 0.5) is 13.2 Å². The quantitative estimate of drug-likeness (QED) is 0.803. The molecule has 3 N–H and O–H groups in total. The van der Waals surface area contributed by atoms with Gasteiger partial charge in [0.1, 0.15) is 5.75 Å². The van der Waals surface area contributed by atoms with Crippen molar-refractivity contribution in [3.63, 3.8) is 0 Å². The van der Waals surface area contributed by atoms with Crippen LogP contribution in [-0.2, 0) is 0 Å². The zero-order chi connectivity index (χ0) is 15.5. The van der Waals surface area contributed by atoms with Crippen molar-refractivity contribution in [2.75, 3.05) is 18.9 Å². The topological polar surface area (TPSA) is 63.9 Å². The van der Waals surface area contributed by atoms with Crippen molar-refractivity contribution < 1.29 is 17.9 Å². The first-order valence-electron chi connectivity index (χ1n) is 6.46. The van der Waals surface area contributed by atoms with Crippen molar-refractivity contribution in [1.29, 1.82) is 0 Å². The summed E-state index contributed by atoms with van der Waals surface area (Å²) >= 11 is 1.02. The summed E-state index contributed by atoms with van der Waals surface area (Å²) in [6.07, 6.45) is -4.28. The number of fused-ring (bicyclic) bond motifs is 1. The van der Waals surface area contributed by atoms with Crippen LogP contribution < -0.4 is 10.5 Å². The molecule has 0 fully saturated rings. The number of aromatic amines is 1. The van der Waals surface area contributed by atoms with E-state index in [-0.39, 0.29) is 5.75 Å². The Balaban J connectivity index is 2.09. The molecule has 2 rings (SSSR count). The van der Waals surface area contributed by atoms with Gasteiger partial charge in [0, 0.05) is 18.4 Å². The fourth-order valence-electron chi connectivity index (χ4n) is 1.77. The molecule has 0 amide bonds. The number of nitrogens with zero attached hydrogens (tertiary/aromatic N) is 1. The number of imidazole rings is 1. The molecule has 0 radical (unpaired) electrons. The minimum atomic E-state index is -4.28. The molecule has 1 aromatic carbocycles. The van der Waals surface area contributed by atoms with Crippen molar-refractivity contribution in [2.24, 2.45) is 11.7 Å². The molecule has 0 aliphatic carbocycles. The normalized spacial score (nSPS) is 13.6. The lowest BCUT2D eigenvalue weighted by molar-refractivity contribution is -0.165. The number of nitrogens with two attached hydrogens (primary N) is 1. The molecule has 0 aliphatic heterocycles. The monoisotopic (exact) mass is 319 g/mol. The van der Waals surface area contributed by atoms with Gasteiger partial charge in [0.05, 0.1) is 23.6 Å². The standard InChI is InChI=1S/C13H16F3N3OS/c1-2-20-9-3-4-10-11(5-9)19-12(18-10)21-7-8(6-17)13(14,15)16/h3-5,8H,2,6-7,17H2,1H3,(H,18,19). The van der Waals surface area contributed by atoms with Gasteiger partial charge in [-0.3, -0.25) is 0 Å². The second kappa shape index (κ2) is 6.57. The maximum Gasteiger partial charge on any atom is 0.393 e. The van der Waals surface area contributed by atoms with Crippen LogP contribution in [0.1, 0.15) is 6.92 Å². The molecule has 0 saturated carbocycles. The lowest BCUT2D eigenvalue weighted by Crippen LogP contribution is -2.32. The first-order valence-corrected chi connectivity index (χ1v) is 7.44. The van der Waals surface area contributed by atoms with E-state index in [4.69, 9.17) is 10.5 Å². The first kappa shape index (κ1) is 16.0. The Morgan fingerprint density at radius 3 is 2.81 bits per heavy atom. The largest absolute Gasteiger partial charge is 0.494 e. The van der Waals surface area contributed by atoms with Crippen molar-refractivity contribution in [3.05, 3.63) is 18.2 Å². The predicted molar refractivity (Wildman–Crippen MR) is 76.6 cm³/mol. The highest BCUT2D eigenvalue weighted by molar-refractivity contribution is 7.99. The van der Waals surface area contributed by atoms with Crippen molar-refractivity contribution >= 4 is 22.8 Å². The Kier molecular flexibility index (Phi) is 5.00. The van der Waals surface area contributed by atoms with E-state index in [2.05, 4.69) is 9.97 Å². The number of benzene rings is 1. The van der Waals surface area contributed by atoms with Crippen LogP contribution >= 0.6 is 11.8 Å². The highest BCUT2D eigenvalue weighted by Gasteiger charge is 2.38. The third-order valence-electron chi connectivity index (χ3n) is 2.91. The zero-order valence-electron chi connectivity index (χ0n) is 11.4. The number of halogens is 3. The Labute approximate surface area is 124 Å². The highest BCUT2D eigenvalue weighted by Crippen LogP contribution is 2.31. The maximum atomic E-state index is 12.6. The van der Waals surface area contributed by atoms with E-state index in [1.54, 1.807) is 18.2 Å². The van der Waals surface area contributed by atoms with E-state index in [0.717, 1.165) is 17.3 Å². The Bertz CT molecular complexity index is 600. The fraction of sp³-hybridized carbons (Fsp3) is 0.462. The molecular formula is C13H16F3N3OS. The number of hydrogen-bond acceptors (Lipinski definition) is 4. The second-order valence-electron chi connectivity index (χ2n) is 4.44. The summed E-state index contributed by atoms with van der Waals surface area (Å²) in [5, 5.41) is 0.446. The Morgan fingerprint density at radius 1 is 1.43 bits per heavy atom. The van der Waals surface area contributed by atoms with Gasteiger partial charge in [-0.1, -0.05) is 11.8 Å². The van der Waals surface area contributed by atoms with E-state index in [0.29, 0.717) is 23.0 Å². The van der Waals surface area contributed by atoms with Crippen molar-refractivity contribution in [3.8, 4) is 5.75 Å². The first-order chi connectivity index (χ1) is 9.94. The summed E-state index contributed by atoms with van der Waals surface area (Å²) in [6.45, 7) is 2.00. The van der Waals surface area contributed by atoms with Gasteiger partial charge >= 0.3 is 6.18 Å². The number of alkyl halides is 3. The smallest absolute Gasteiger partial charge is 0.393 e. The van der Waals surface area contributed by atoms with Gasteiger partial charge in [-0.2, -0.15) is 13.2 Å². The summed E-state index contributed by atoms with van der Waals surface area (Å²) in [6, 6.07) is 5.32. The average Bonchev–Trinajstić information content (AvgIpc) is 2.80. The number of rotatable bonds is 6. The molecule has 4 nitrogen and oxygen atoms in total. The maximum absolute atomic E-state index is 12.6. The Hall–Kier alpha value is -1.41. The van der Waals surface area contributed by atoms with Gasteiger partial charge in [0.2, 0.25) is 0 Å². The fourth-order valence-corrected chi connectivity index (χ4v) is 2.79. The van der Waals surface area contributed by atoms with Gasteiger partial charge < -0.3 is 15.5 Å². The van der Waals surface area contributed by atoms with Crippen LogP contribution in [0.5, 0.6) is 5.75 Å². The van der Waals surface area contributed by atoms with Gasteiger partial charge in [0.25, 0.3) is 0 Å². The third kappa shape index (κ3) is 4.04. The van der Waals surface area contributed by atoms with Gasteiger partial charge in [0.15, 0.2) is 5.16 Å². The third-order valence-corrected chi connectivity index (χ3v) is 3.95. The van der Waals surface area contributed by atoms with Crippen LogP contribution in [-0.4, -0.2) is 35.0 Å². The van der Waals surface area contributed by atoms with Crippen LogP contribution in [0, 0.1) is 5.92 Å². The molecule has 1 heterocycles. The van der Waals surface area contributed by atoms with E-state index in [1.165, 1.54) is 0 Å². The molecule has 0 spiro atoms. The minimum absolute atomic E-state index is 0.155. The van der Waals surface area contributed by atoms with Gasteiger partial charge in [-0.05, 0) is 19.1 Å². The summed E-state index contributed by atoms with van der Waals surface area (Å²) in [7, 11) is 0. The van der Waals surface area contributed by atoms with Crippen molar-refractivity contribution in [2.45, 2.75) is 18.3 Å². The molecule has 8 heteroatoms. The van der Waals surface area contributed by atoms with Crippen LogP contribution in [0.3, 0.4) is 0 Å². The average molecular weight is 319 g/mol. The molecule has 1 aromatic heterocycles. The Morgan fingerprint density at radius 2 is 2.19 bits per heavy atom. The molecule has 21 heavy (non-hydrogen) atoms. The van der Waals surface area contributed by atoms with E-state index >= 15 is 0 Å². The predicted octanol–water partition coefficient (Wildman–Crippen LogP) is 3.19. The molecule has 0 saturated heterocycles. The number of hydrogen-bond donors (Lipinski definition) is 2.